The van der Waals surface area contributed by atoms with E-state index in [1.54, 1.807) is 0 Å². The number of piperidine rings is 1. The predicted molar refractivity (Wildman–Crippen MR) is 102 cm³/mol. The summed E-state index contributed by atoms with van der Waals surface area (Å²) in [6, 6.07) is 10.6. The fourth-order valence-corrected chi connectivity index (χ4v) is 3.40. The van der Waals surface area contributed by atoms with Crippen LogP contribution in [0.4, 0.5) is 0 Å². The van der Waals surface area contributed by atoms with Crippen LogP contribution in [0.25, 0.3) is 0 Å². The van der Waals surface area contributed by atoms with Crippen molar-refractivity contribution in [2.45, 2.75) is 45.1 Å². The minimum absolute atomic E-state index is 0.101. The van der Waals surface area contributed by atoms with Crippen LogP contribution in [0.5, 0.6) is 0 Å². The maximum Gasteiger partial charge on any atom is 0.141 e. The van der Waals surface area contributed by atoms with Gasteiger partial charge < -0.3 is 4.79 Å². The van der Waals surface area contributed by atoms with E-state index in [1.165, 1.54) is 5.56 Å². The SMILES string of the molecule is CC.O=CC(C1=CC=CCC=C1)N1CCC(c2ccccc2)CC1. The third-order valence-corrected chi connectivity index (χ3v) is 4.67. The number of allylic oxidation sites excluding steroid dienone is 4. The average molecular weight is 323 g/mol. The van der Waals surface area contributed by atoms with E-state index in [0.29, 0.717) is 5.92 Å². The van der Waals surface area contributed by atoms with Crippen molar-refractivity contribution >= 4 is 6.29 Å². The van der Waals surface area contributed by atoms with Crippen molar-refractivity contribution < 1.29 is 4.79 Å². The summed E-state index contributed by atoms with van der Waals surface area (Å²) in [4.78, 5) is 13.9. The monoisotopic (exact) mass is 323 g/mol. The summed E-state index contributed by atoms with van der Waals surface area (Å²) in [5, 5.41) is 0. The number of aldehydes is 1. The second kappa shape index (κ2) is 10.0. The van der Waals surface area contributed by atoms with E-state index >= 15 is 0 Å². The molecule has 0 N–H and O–H groups in total. The second-order valence-electron chi connectivity index (χ2n) is 6.03. The van der Waals surface area contributed by atoms with Crippen LogP contribution >= 0.6 is 0 Å². The lowest BCUT2D eigenvalue weighted by Crippen LogP contribution is -2.42. The highest BCUT2D eigenvalue weighted by atomic mass is 16.1. The number of hydrogen-bond donors (Lipinski definition) is 0. The summed E-state index contributed by atoms with van der Waals surface area (Å²) < 4.78 is 0. The van der Waals surface area contributed by atoms with Crippen LogP contribution in [0.1, 0.15) is 44.6 Å². The Morgan fingerprint density at radius 2 is 1.79 bits per heavy atom. The standard InChI is InChI=1S/C20H23NO.C2H6/c22-16-20(19-10-4-1-2-5-11-19)21-14-12-18(13-15-21)17-8-6-3-7-9-17;1-2/h1,3-11,16,18,20H,2,12-15H2;1-2H3. The molecule has 2 nitrogen and oxygen atoms in total. The van der Waals surface area contributed by atoms with Crippen molar-refractivity contribution in [2.75, 3.05) is 13.1 Å². The van der Waals surface area contributed by atoms with E-state index in [9.17, 15) is 4.79 Å². The molecule has 0 aromatic heterocycles. The molecule has 1 unspecified atom stereocenters. The van der Waals surface area contributed by atoms with Gasteiger partial charge >= 0.3 is 0 Å². The molecule has 1 fully saturated rings. The molecule has 1 atom stereocenters. The van der Waals surface area contributed by atoms with Crippen molar-refractivity contribution in [3.63, 3.8) is 0 Å². The lowest BCUT2D eigenvalue weighted by Gasteiger charge is -2.36. The van der Waals surface area contributed by atoms with Crippen LogP contribution in [-0.2, 0) is 4.79 Å². The van der Waals surface area contributed by atoms with Crippen LogP contribution in [0.15, 0.2) is 66.3 Å². The molecule has 1 aliphatic carbocycles. The van der Waals surface area contributed by atoms with E-state index in [-0.39, 0.29) is 6.04 Å². The van der Waals surface area contributed by atoms with Gasteiger partial charge in [0.1, 0.15) is 6.29 Å². The zero-order valence-electron chi connectivity index (χ0n) is 14.9. The summed E-state index contributed by atoms with van der Waals surface area (Å²) >= 11 is 0. The Hall–Kier alpha value is -1.93. The third-order valence-electron chi connectivity index (χ3n) is 4.67. The van der Waals surface area contributed by atoms with E-state index in [4.69, 9.17) is 0 Å². The molecule has 2 heteroatoms. The molecule has 0 radical (unpaired) electrons. The Morgan fingerprint density at radius 1 is 1.08 bits per heavy atom. The Labute approximate surface area is 146 Å². The third kappa shape index (κ3) is 4.78. The summed E-state index contributed by atoms with van der Waals surface area (Å²) in [5.74, 6) is 0.628. The first-order chi connectivity index (χ1) is 11.9. The number of rotatable bonds is 4. The van der Waals surface area contributed by atoms with Gasteiger partial charge in [0.2, 0.25) is 0 Å². The van der Waals surface area contributed by atoms with Crippen LogP contribution < -0.4 is 0 Å². The maximum absolute atomic E-state index is 11.6. The Kier molecular flexibility index (Phi) is 7.70. The van der Waals surface area contributed by atoms with Crippen LogP contribution in [-0.4, -0.2) is 30.3 Å². The molecule has 1 aromatic rings. The van der Waals surface area contributed by atoms with Gasteiger partial charge in [0.05, 0.1) is 6.04 Å². The largest absolute Gasteiger partial charge is 0.301 e. The van der Waals surface area contributed by atoms with Crippen LogP contribution in [0.3, 0.4) is 0 Å². The second-order valence-corrected chi connectivity index (χ2v) is 6.03. The molecule has 1 aromatic carbocycles. The maximum atomic E-state index is 11.6. The van der Waals surface area contributed by atoms with Crippen molar-refractivity contribution in [3.8, 4) is 0 Å². The number of nitrogens with zero attached hydrogens (tertiary/aromatic N) is 1. The summed E-state index contributed by atoms with van der Waals surface area (Å²) in [5.41, 5.74) is 2.54. The number of hydrogen-bond acceptors (Lipinski definition) is 2. The first-order valence-corrected chi connectivity index (χ1v) is 9.16. The van der Waals surface area contributed by atoms with Gasteiger partial charge in [-0.3, -0.25) is 4.90 Å². The normalized spacial score (nSPS) is 19.7. The Bertz CT molecular complexity index is 577. The zero-order valence-corrected chi connectivity index (χ0v) is 14.9. The number of carbonyl (C=O) groups excluding carboxylic acids is 1. The van der Waals surface area contributed by atoms with Crippen molar-refractivity contribution in [1.29, 1.82) is 0 Å². The number of benzene rings is 1. The van der Waals surface area contributed by atoms with Gasteiger partial charge in [-0.25, -0.2) is 0 Å². The van der Waals surface area contributed by atoms with Gasteiger partial charge in [0, 0.05) is 0 Å². The molecule has 0 saturated carbocycles. The molecule has 0 spiro atoms. The fourth-order valence-electron chi connectivity index (χ4n) is 3.40. The van der Waals surface area contributed by atoms with Crippen molar-refractivity contribution in [1.82, 2.24) is 4.90 Å². The highest BCUT2D eigenvalue weighted by Crippen LogP contribution is 2.29. The summed E-state index contributed by atoms with van der Waals surface area (Å²) in [6.07, 6.45) is 14.8. The van der Waals surface area contributed by atoms with Gasteiger partial charge in [-0.1, -0.05) is 74.6 Å². The Balaban J connectivity index is 0.00000100. The zero-order chi connectivity index (χ0) is 17.2. The smallest absolute Gasteiger partial charge is 0.141 e. The van der Waals surface area contributed by atoms with Gasteiger partial charge in [-0.2, -0.15) is 0 Å². The number of carbonyl (C=O) groups is 1. The molecule has 24 heavy (non-hydrogen) atoms. The quantitative estimate of drug-likeness (QED) is 0.734. The minimum atomic E-state index is -0.101. The summed E-state index contributed by atoms with van der Waals surface area (Å²) in [7, 11) is 0. The first kappa shape index (κ1) is 18.4. The van der Waals surface area contributed by atoms with Gasteiger partial charge in [0.15, 0.2) is 0 Å². The highest BCUT2D eigenvalue weighted by molar-refractivity contribution is 5.66. The summed E-state index contributed by atoms with van der Waals surface area (Å²) in [6.45, 7) is 5.97. The van der Waals surface area contributed by atoms with Crippen molar-refractivity contribution in [3.05, 3.63) is 71.8 Å². The molecule has 1 saturated heterocycles. The van der Waals surface area contributed by atoms with Gasteiger partial charge in [-0.05, 0) is 49.4 Å². The Morgan fingerprint density at radius 3 is 2.46 bits per heavy atom. The molecule has 1 aliphatic heterocycles. The molecule has 2 aliphatic rings. The molecule has 0 amide bonds. The molecule has 1 heterocycles. The first-order valence-electron chi connectivity index (χ1n) is 9.16. The minimum Gasteiger partial charge on any atom is -0.301 e. The topological polar surface area (TPSA) is 20.3 Å². The fraction of sp³-hybridized carbons (Fsp3) is 0.409. The van der Waals surface area contributed by atoms with E-state index < -0.39 is 0 Å². The van der Waals surface area contributed by atoms with E-state index in [0.717, 1.165) is 44.2 Å². The predicted octanol–water partition coefficient (Wildman–Crippen LogP) is 4.90. The average Bonchev–Trinajstić information content (AvgIpc) is 2.95. The molecular formula is C22H29NO. The van der Waals surface area contributed by atoms with Crippen molar-refractivity contribution in [2.24, 2.45) is 0 Å². The molecule has 128 valence electrons. The molecule has 0 bridgehead atoms. The van der Waals surface area contributed by atoms with Crippen LogP contribution in [0.2, 0.25) is 0 Å². The van der Waals surface area contributed by atoms with Gasteiger partial charge in [0.25, 0.3) is 0 Å². The lowest BCUT2D eigenvalue weighted by molar-refractivity contribution is -0.111. The van der Waals surface area contributed by atoms with Crippen LogP contribution in [0, 0.1) is 0 Å². The molecular weight excluding hydrogens is 294 g/mol. The number of likely N-dealkylation sites (tertiary alicyclic amines) is 1. The lowest BCUT2D eigenvalue weighted by atomic mass is 9.88. The van der Waals surface area contributed by atoms with E-state index in [1.807, 2.05) is 13.8 Å². The highest BCUT2D eigenvalue weighted by Gasteiger charge is 2.26. The molecule has 3 rings (SSSR count). The van der Waals surface area contributed by atoms with E-state index in [2.05, 4.69) is 65.6 Å². The van der Waals surface area contributed by atoms with Gasteiger partial charge in [-0.15, -0.1) is 0 Å².